The normalized spacial score (nSPS) is 10.2. The maximum atomic E-state index is 12.3. The molecule has 3 heteroatoms. The topological polar surface area (TPSA) is 35.5 Å². The minimum absolute atomic E-state index is 0.0849. The molecule has 0 bridgehead atoms. The number of carbonyl (C=O) groups excluding carboxylic acids is 1. The number of methoxy groups -OCH3 is 2. The molecule has 0 unspecified atom stereocenters. The number of Topliss-reactive ketones (excluding diaryl/α,β-unsaturated/α-hetero) is 1. The second-order valence-corrected chi connectivity index (χ2v) is 4.80. The van der Waals surface area contributed by atoms with Crippen molar-refractivity contribution in [3.63, 3.8) is 0 Å². The summed E-state index contributed by atoms with van der Waals surface area (Å²) in [6, 6.07) is 15.6. The van der Waals surface area contributed by atoms with Crippen LogP contribution in [0, 0.1) is 0 Å². The molecule has 0 radical (unpaired) electrons. The minimum Gasteiger partial charge on any atom is -0.493 e. The number of benzene rings is 2. The number of ketones is 1. The molecule has 0 aliphatic heterocycles. The molecule has 2 aromatic rings. The summed E-state index contributed by atoms with van der Waals surface area (Å²) < 4.78 is 10.5. The van der Waals surface area contributed by atoms with E-state index in [9.17, 15) is 4.79 Å². The molecule has 0 saturated heterocycles. The van der Waals surface area contributed by atoms with E-state index in [1.165, 1.54) is 5.56 Å². The summed E-state index contributed by atoms with van der Waals surface area (Å²) in [5.74, 6) is 1.19. The predicted molar refractivity (Wildman–Crippen MR) is 83.3 cm³/mol. The first-order valence-corrected chi connectivity index (χ1v) is 7.04. The van der Waals surface area contributed by atoms with Gasteiger partial charge in [-0.2, -0.15) is 0 Å². The monoisotopic (exact) mass is 284 g/mol. The Morgan fingerprint density at radius 2 is 1.71 bits per heavy atom. The molecule has 0 spiro atoms. The smallest absolute Gasteiger partial charge is 0.171 e. The van der Waals surface area contributed by atoms with Crippen LogP contribution in [0.15, 0.2) is 48.5 Å². The molecule has 0 amide bonds. The Morgan fingerprint density at radius 1 is 0.952 bits per heavy atom. The SMILES string of the molecule is COc1cccc(C(=O)CCCc2ccccc2)c1OC. The van der Waals surface area contributed by atoms with E-state index in [2.05, 4.69) is 12.1 Å². The van der Waals surface area contributed by atoms with Gasteiger partial charge in [-0.05, 0) is 30.5 Å². The lowest BCUT2D eigenvalue weighted by Crippen LogP contribution is -2.04. The van der Waals surface area contributed by atoms with E-state index >= 15 is 0 Å². The fourth-order valence-corrected chi connectivity index (χ4v) is 2.34. The molecule has 0 aliphatic rings. The molecule has 0 aliphatic carbocycles. The summed E-state index contributed by atoms with van der Waals surface area (Å²) in [6.07, 6.45) is 2.22. The van der Waals surface area contributed by atoms with Crippen molar-refractivity contribution < 1.29 is 14.3 Å². The first kappa shape index (κ1) is 15.1. The first-order valence-electron chi connectivity index (χ1n) is 7.04. The number of ether oxygens (including phenoxy) is 2. The zero-order valence-corrected chi connectivity index (χ0v) is 12.5. The molecule has 2 rings (SSSR count). The third-order valence-electron chi connectivity index (χ3n) is 3.42. The van der Waals surface area contributed by atoms with Gasteiger partial charge in [-0.3, -0.25) is 4.79 Å². The average molecular weight is 284 g/mol. The standard InChI is InChI=1S/C18H20O3/c1-20-17-13-7-11-15(18(17)21-2)16(19)12-6-10-14-8-4-3-5-9-14/h3-5,7-9,11,13H,6,10,12H2,1-2H3. The molecule has 0 aromatic heterocycles. The van der Waals surface area contributed by atoms with Crippen molar-refractivity contribution >= 4 is 5.78 Å². The molecular formula is C18H20O3. The van der Waals surface area contributed by atoms with Crippen molar-refractivity contribution in [3.05, 3.63) is 59.7 Å². The fraction of sp³-hybridized carbons (Fsp3) is 0.278. The van der Waals surface area contributed by atoms with Crippen LogP contribution in [0.1, 0.15) is 28.8 Å². The van der Waals surface area contributed by atoms with Crippen LogP contribution in [0.25, 0.3) is 0 Å². The van der Waals surface area contributed by atoms with E-state index in [-0.39, 0.29) is 5.78 Å². The Kier molecular flexibility index (Phi) is 5.38. The van der Waals surface area contributed by atoms with Crippen molar-refractivity contribution in [3.8, 4) is 11.5 Å². The molecule has 21 heavy (non-hydrogen) atoms. The highest BCUT2D eigenvalue weighted by Crippen LogP contribution is 2.31. The van der Waals surface area contributed by atoms with Crippen LogP contribution < -0.4 is 9.47 Å². The molecule has 0 fully saturated rings. The molecule has 0 saturated carbocycles. The van der Waals surface area contributed by atoms with E-state index in [1.54, 1.807) is 26.4 Å². The van der Waals surface area contributed by atoms with Crippen LogP contribution >= 0.6 is 0 Å². The van der Waals surface area contributed by atoms with Gasteiger partial charge in [0.15, 0.2) is 17.3 Å². The predicted octanol–water partition coefficient (Wildman–Crippen LogP) is 3.91. The number of rotatable bonds is 7. The minimum atomic E-state index is 0.0849. The summed E-state index contributed by atoms with van der Waals surface area (Å²) in [5.41, 5.74) is 1.84. The van der Waals surface area contributed by atoms with Crippen LogP contribution in [-0.2, 0) is 6.42 Å². The Hall–Kier alpha value is -2.29. The summed E-state index contributed by atoms with van der Waals surface area (Å²) in [4.78, 5) is 12.3. The van der Waals surface area contributed by atoms with Crippen LogP contribution in [0.5, 0.6) is 11.5 Å². The van der Waals surface area contributed by atoms with Crippen molar-refractivity contribution in [1.82, 2.24) is 0 Å². The van der Waals surface area contributed by atoms with Crippen molar-refractivity contribution in [2.75, 3.05) is 14.2 Å². The molecule has 2 aromatic carbocycles. The molecule has 110 valence electrons. The summed E-state index contributed by atoms with van der Waals surface area (Å²) in [5, 5.41) is 0. The van der Waals surface area contributed by atoms with Gasteiger partial charge in [0.25, 0.3) is 0 Å². The molecular weight excluding hydrogens is 264 g/mol. The highest BCUT2D eigenvalue weighted by Gasteiger charge is 2.15. The van der Waals surface area contributed by atoms with Gasteiger partial charge in [0.05, 0.1) is 19.8 Å². The summed E-state index contributed by atoms with van der Waals surface area (Å²) in [6.45, 7) is 0. The van der Waals surface area contributed by atoms with Gasteiger partial charge in [-0.1, -0.05) is 36.4 Å². The number of para-hydroxylation sites is 1. The number of carbonyl (C=O) groups is 1. The molecule has 0 heterocycles. The van der Waals surface area contributed by atoms with E-state index in [1.807, 2.05) is 24.3 Å². The number of hydrogen-bond donors (Lipinski definition) is 0. The van der Waals surface area contributed by atoms with Crippen molar-refractivity contribution in [2.24, 2.45) is 0 Å². The highest BCUT2D eigenvalue weighted by molar-refractivity contribution is 5.99. The lowest BCUT2D eigenvalue weighted by atomic mass is 10.0. The number of hydrogen-bond acceptors (Lipinski definition) is 3. The third kappa shape index (κ3) is 3.85. The van der Waals surface area contributed by atoms with Gasteiger partial charge in [-0.15, -0.1) is 0 Å². The number of aryl methyl sites for hydroxylation is 1. The van der Waals surface area contributed by atoms with Gasteiger partial charge < -0.3 is 9.47 Å². The molecule has 0 N–H and O–H groups in total. The Balaban J connectivity index is 2.00. The van der Waals surface area contributed by atoms with Crippen LogP contribution in [0.3, 0.4) is 0 Å². The lowest BCUT2D eigenvalue weighted by molar-refractivity contribution is 0.0976. The van der Waals surface area contributed by atoms with Gasteiger partial charge in [0.1, 0.15) is 0 Å². The van der Waals surface area contributed by atoms with Gasteiger partial charge in [0.2, 0.25) is 0 Å². The summed E-state index contributed by atoms with van der Waals surface area (Å²) >= 11 is 0. The fourth-order valence-electron chi connectivity index (χ4n) is 2.34. The van der Waals surface area contributed by atoms with Crippen molar-refractivity contribution in [2.45, 2.75) is 19.3 Å². The van der Waals surface area contributed by atoms with E-state index < -0.39 is 0 Å². The lowest BCUT2D eigenvalue weighted by Gasteiger charge is -2.11. The Labute approximate surface area is 125 Å². The van der Waals surface area contributed by atoms with Gasteiger partial charge >= 0.3 is 0 Å². The van der Waals surface area contributed by atoms with Crippen LogP contribution in [-0.4, -0.2) is 20.0 Å². The zero-order valence-electron chi connectivity index (χ0n) is 12.5. The van der Waals surface area contributed by atoms with E-state index in [0.717, 1.165) is 12.8 Å². The highest BCUT2D eigenvalue weighted by atomic mass is 16.5. The van der Waals surface area contributed by atoms with Crippen molar-refractivity contribution in [1.29, 1.82) is 0 Å². The average Bonchev–Trinajstić information content (AvgIpc) is 2.54. The second-order valence-electron chi connectivity index (χ2n) is 4.80. The van der Waals surface area contributed by atoms with E-state index in [4.69, 9.17) is 9.47 Å². The van der Waals surface area contributed by atoms with Gasteiger partial charge in [0, 0.05) is 6.42 Å². The maximum Gasteiger partial charge on any atom is 0.171 e. The van der Waals surface area contributed by atoms with E-state index in [0.29, 0.717) is 23.5 Å². The zero-order chi connectivity index (χ0) is 15.1. The Bertz CT molecular complexity index is 591. The maximum absolute atomic E-state index is 12.3. The van der Waals surface area contributed by atoms with Crippen LogP contribution in [0.2, 0.25) is 0 Å². The van der Waals surface area contributed by atoms with Gasteiger partial charge in [-0.25, -0.2) is 0 Å². The largest absolute Gasteiger partial charge is 0.493 e. The first-order chi connectivity index (χ1) is 10.3. The van der Waals surface area contributed by atoms with Crippen LogP contribution in [0.4, 0.5) is 0 Å². The Morgan fingerprint density at radius 3 is 2.38 bits per heavy atom. The third-order valence-corrected chi connectivity index (χ3v) is 3.42. The molecule has 0 atom stereocenters. The second kappa shape index (κ2) is 7.48. The quantitative estimate of drug-likeness (QED) is 0.723. The molecule has 3 nitrogen and oxygen atoms in total. The summed E-state index contributed by atoms with van der Waals surface area (Å²) in [7, 11) is 3.13.